The second-order valence-corrected chi connectivity index (χ2v) is 7.64. The van der Waals surface area contributed by atoms with Crippen LogP contribution in [0.5, 0.6) is 0 Å². The van der Waals surface area contributed by atoms with Crippen LogP contribution in [-0.4, -0.2) is 42.8 Å². The first-order valence-electron chi connectivity index (χ1n) is 9.64. The zero-order chi connectivity index (χ0) is 20.4. The Kier molecular flexibility index (Phi) is 5.76. The highest BCUT2D eigenvalue weighted by atomic mass is 16.4. The minimum atomic E-state index is -0.739. The van der Waals surface area contributed by atoms with Gasteiger partial charge in [0.1, 0.15) is 0 Å². The molecule has 1 aliphatic carbocycles. The Morgan fingerprint density at radius 1 is 1.11 bits per heavy atom. The topological polar surface area (TPSA) is 110 Å². The summed E-state index contributed by atoms with van der Waals surface area (Å²) < 4.78 is 1.69. The third-order valence-corrected chi connectivity index (χ3v) is 5.38. The van der Waals surface area contributed by atoms with Gasteiger partial charge in [-0.15, -0.1) is 0 Å². The van der Waals surface area contributed by atoms with Crippen LogP contribution in [0.25, 0.3) is 5.95 Å². The first kappa shape index (κ1) is 20.0. The molecule has 0 radical (unpaired) electrons. The summed E-state index contributed by atoms with van der Waals surface area (Å²) >= 11 is 0. The maximum absolute atomic E-state index is 12.6. The number of aliphatic carboxylic acids is 1. The molecule has 0 aliphatic heterocycles. The number of aryl methyl sites for hydroxylation is 3. The molecule has 0 atom stereocenters. The first-order chi connectivity index (χ1) is 13.2. The number of carbonyl (C=O) groups is 2. The zero-order valence-corrected chi connectivity index (χ0v) is 16.8. The third-order valence-electron chi connectivity index (χ3n) is 5.38. The maximum Gasteiger partial charge on any atom is 0.306 e. The van der Waals surface area contributed by atoms with Crippen LogP contribution >= 0.6 is 0 Å². The summed E-state index contributed by atoms with van der Waals surface area (Å²) in [7, 11) is 0. The Bertz CT molecular complexity index is 877. The van der Waals surface area contributed by atoms with Crippen molar-refractivity contribution in [3.63, 3.8) is 0 Å². The number of amides is 1. The van der Waals surface area contributed by atoms with Gasteiger partial charge in [0.2, 0.25) is 5.91 Å². The zero-order valence-electron chi connectivity index (χ0n) is 16.8. The average molecular weight is 385 g/mol. The summed E-state index contributed by atoms with van der Waals surface area (Å²) in [6.45, 7) is 7.63. The lowest BCUT2D eigenvalue weighted by atomic mass is 9.86. The smallest absolute Gasteiger partial charge is 0.306 e. The normalized spacial score (nSPS) is 19.4. The van der Waals surface area contributed by atoms with E-state index in [0.29, 0.717) is 31.6 Å². The molecule has 3 rings (SSSR count). The van der Waals surface area contributed by atoms with E-state index in [1.54, 1.807) is 4.68 Å². The van der Waals surface area contributed by atoms with Gasteiger partial charge in [-0.05, 0) is 59.4 Å². The van der Waals surface area contributed by atoms with E-state index in [1.165, 1.54) is 0 Å². The Morgan fingerprint density at radius 3 is 2.29 bits per heavy atom. The molecule has 0 saturated heterocycles. The average Bonchev–Trinajstić information content (AvgIpc) is 2.89. The summed E-state index contributed by atoms with van der Waals surface area (Å²) in [6, 6.07) is 1.95. The van der Waals surface area contributed by atoms with Gasteiger partial charge in [-0.3, -0.25) is 9.59 Å². The van der Waals surface area contributed by atoms with Crippen LogP contribution in [0.4, 0.5) is 0 Å². The van der Waals surface area contributed by atoms with Gasteiger partial charge in [-0.2, -0.15) is 5.10 Å². The van der Waals surface area contributed by atoms with Crippen molar-refractivity contribution in [1.82, 2.24) is 25.1 Å². The molecule has 1 amide bonds. The number of nitrogens with zero attached hydrogens (tertiary/aromatic N) is 4. The molecule has 0 unspecified atom stereocenters. The number of rotatable bonds is 5. The number of aromatic nitrogens is 4. The van der Waals surface area contributed by atoms with Gasteiger partial charge < -0.3 is 10.4 Å². The van der Waals surface area contributed by atoms with Crippen LogP contribution < -0.4 is 5.32 Å². The molecule has 1 saturated carbocycles. The SMILES string of the molecule is Cc1cc(C)nc(-n2nc(C)c(CC(=O)NC3CCC(C(=O)O)CC3)c2C)n1. The van der Waals surface area contributed by atoms with Gasteiger partial charge >= 0.3 is 5.97 Å². The molecule has 1 fully saturated rings. The van der Waals surface area contributed by atoms with E-state index in [2.05, 4.69) is 20.4 Å². The van der Waals surface area contributed by atoms with Crippen molar-refractivity contribution < 1.29 is 14.7 Å². The van der Waals surface area contributed by atoms with Crippen LogP contribution in [0.3, 0.4) is 0 Å². The first-order valence-corrected chi connectivity index (χ1v) is 9.64. The molecule has 150 valence electrons. The van der Waals surface area contributed by atoms with E-state index in [4.69, 9.17) is 5.11 Å². The molecule has 0 spiro atoms. The van der Waals surface area contributed by atoms with E-state index in [-0.39, 0.29) is 24.3 Å². The fraction of sp³-hybridized carbons (Fsp3) is 0.550. The van der Waals surface area contributed by atoms with Crippen molar-refractivity contribution in [1.29, 1.82) is 0 Å². The van der Waals surface area contributed by atoms with Gasteiger partial charge in [0.05, 0.1) is 18.0 Å². The highest BCUT2D eigenvalue weighted by Gasteiger charge is 2.27. The molecule has 2 aromatic rings. The molecule has 1 aliphatic rings. The molecule has 0 bridgehead atoms. The van der Waals surface area contributed by atoms with Crippen molar-refractivity contribution in [2.75, 3.05) is 0 Å². The lowest BCUT2D eigenvalue weighted by Gasteiger charge is -2.26. The monoisotopic (exact) mass is 385 g/mol. The van der Waals surface area contributed by atoms with E-state index < -0.39 is 5.97 Å². The maximum atomic E-state index is 12.6. The van der Waals surface area contributed by atoms with Gasteiger partial charge in [0.25, 0.3) is 5.95 Å². The number of carboxylic acid groups (broad SMARTS) is 1. The lowest BCUT2D eigenvalue weighted by molar-refractivity contribution is -0.142. The number of carbonyl (C=O) groups excluding carboxylic acids is 1. The van der Waals surface area contributed by atoms with Gasteiger partial charge in [-0.25, -0.2) is 14.6 Å². The summed E-state index contributed by atoms with van der Waals surface area (Å²) in [4.78, 5) is 32.5. The van der Waals surface area contributed by atoms with Crippen LogP contribution in [0.2, 0.25) is 0 Å². The summed E-state index contributed by atoms with van der Waals surface area (Å²) in [5.74, 6) is -0.576. The summed E-state index contributed by atoms with van der Waals surface area (Å²) in [5.41, 5.74) is 4.24. The number of hydrogen-bond donors (Lipinski definition) is 2. The second kappa shape index (κ2) is 8.08. The minimum absolute atomic E-state index is 0.0431. The number of carboxylic acids is 1. The van der Waals surface area contributed by atoms with Crippen molar-refractivity contribution in [3.05, 3.63) is 34.4 Å². The van der Waals surface area contributed by atoms with Crippen LogP contribution in [-0.2, 0) is 16.0 Å². The van der Waals surface area contributed by atoms with Crippen molar-refractivity contribution >= 4 is 11.9 Å². The molecule has 8 heteroatoms. The molecule has 2 N–H and O–H groups in total. The van der Waals surface area contributed by atoms with Crippen LogP contribution in [0, 0.1) is 33.6 Å². The van der Waals surface area contributed by atoms with E-state index >= 15 is 0 Å². The predicted molar refractivity (Wildman–Crippen MR) is 103 cm³/mol. The summed E-state index contributed by atoms with van der Waals surface area (Å²) in [5, 5.41) is 16.7. The quantitative estimate of drug-likeness (QED) is 0.816. The van der Waals surface area contributed by atoms with Gasteiger partial charge in [0, 0.05) is 28.7 Å². The van der Waals surface area contributed by atoms with Crippen molar-refractivity contribution in [2.45, 2.75) is 65.8 Å². The fourth-order valence-corrected chi connectivity index (χ4v) is 3.85. The molecule has 2 aromatic heterocycles. The van der Waals surface area contributed by atoms with E-state index in [1.807, 2.05) is 33.8 Å². The van der Waals surface area contributed by atoms with E-state index in [9.17, 15) is 9.59 Å². The minimum Gasteiger partial charge on any atom is -0.481 e. The standard InChI is InChI=1S/C20H27N5O3/c1-11-9-12(2)22-20(21-11)25-14(4)17(13(3)24-25)10-18(26)23-16-7-5-15(6-8-16)19(27)28/h9,15-16H,5-8,10H2,1-4H3,(H,23,26)(H,27,28). The van der Waals surface area contributed by atoms with Crippen molar-refractivity contribution in [3.8, 4) is 5.95 Å². The van der Waals surface area contributed by atoms with Gasteiger partial charge in [-0.1, -0.05) is 0 Å². The number of nitrogens with one attached hydrogen (secondary N) is 1. The second-order valence-electron chi connectivity index (χ2n) is 7.64. The molecule has 8 nitrogen and oxygen atoms in total. The molecule has 28 heavy (non-hydrogen) atoms. The Labute approximate surface area is 164 Å². The van der Waals surface area contributed by atoms with Crippen LogP contribution in [0.1, 0.15) is 54.0 Å². The Morgan fingerprint density at radius 2 is 1.71 bits per heavy atom. The Balaban J connectivity index is 1.69. The lowest BCUT2D eigenvalue weighted by Crippen LogP contribution is -2.39. The van der Waals surface area contributed by atoms with Crippen LogP contribution in [0.15, 0.2) is 6.07 Å². The van der Waals surface area contributed by atoms with E-state index in [0.717, 1.165) is 28.3 Å². The van der Waals surface area contributed by atoms with Gasteiger partial charge in [0.15, 0.2) is 0 Å². The summed E-state index contributed by atoms with van der Waals surface area (Å²) in [6.07, 6.45) is 2.87. The largest absolute Gasteiger partial charge is 0.481 e. The fourth-order valence-electron chi connectivity index (χ4n) is 3.85. The molecule has 2 heterocycles. The predicted octanol–water partition coefficient (Wildman–Crippen LogP) is 2.20. The third kappa shape index (κ3) is 4.37. The highest BCUT2D eigenvalue weighted by molar-refractivity contribution is 5.79. The highest BCUT2D eigenvalue weighted by Crippen LogP contribution is 2.24. The molecular formula is C20H27N5O3. The Hall–Kier alpha value is -2.77. The number of hydrogen-bond acceptors (Lipinski definition) is 5. The molecular weight excluding hydrogens is 358 g/mol. The van der Waals surface area contributed by atoms with Crippen molar-refractivity contribution in [2.24, 2.45) is 5.92 Å². The molecule has 0 aromatic carbocycles.